The van der Waals surface area contributed by atoms with Crippen molar-refractivity contribution in [2.45, 2.75) is 20.4 Å². The summed E-state index contributed by atoms with van der Waals surface area (Å²) in [5, 5.41) is 15.9. The number of halogens is 1. The molecule has 9 heteroatoms. The lowest BCUT2D eigenvalue weighted by Gasteiger charge is -2.12. The van der Waals surface area contributed by atoms with Gasteiger partial charge in [-0.25, -0.2) is 14.4 Å². The smallest absolute Gasteiger partial charge is 0.144 e. The second kappa shape index (κ2) is 9.86. The standard InChI is InChI=1S/C23H24FN7O/c1-3-25-22-20(13-29-32-4-2)23(27-15-26-22)30-19-8-9-21-17(11-19)12-28-31(21)14-16-6-5-7-18(24)10-16/h5-13,15H,3-4,14H2,1-2H3,(H2,25,26,27,30)/b29-13+. The van der Waals surface area contributed by atoms with Crippen LogP contribution in [0.1, 0.15) is 25.0 Å². The Labute approximate surface area is 185 Å². The van der Waals surface area contributed by atoms with Crippen molar-refractivity contribution in [3.8, 4) is 0 Å². The van der Waals surface area contributed by atoms with E-state index in [4.69, 9.17) is 4.84 Å². The largest absolute Gasteiger partial charge is 0.396 e. The minimum absolute atomic E-state index is 0.254. The van der Waals surface area contributed by atoms with Crippen LogP contribution in [0.15, 0.2) is 60.1 Å². The Bertz CT molecular complexity index is 1240. The first-order valence-electron chi connectivity index (χ1n) is 10.4. The number of nitrogens with one attached hydrogen (secondary N) is 2. The Hall–Kier alpha value is -4.01. The van der Waals surface area contributed by atoms with E-state index in [0.29, 0.717) is 36.9 Å². The zero-order valence-corrected chi connectivity index (χ0v) is 17.9. The highest BCUT2D eigenvalue weighted by atomic mass is 19.1. The Balaban J connectivity index is 1.60. The van der Waals surface area contributed by atoms with Gasteiger partial charge < -0.3 is 15.5 Å². The van der Waals surface area contributed by atoms with E-state index < -0.39 is 0 Å². The molecule has 0 radical (unpaired) electrons. The molecule has 0 spiro atoms. The zero-order valence-electron chi connectivity index (χ0n) is 17.9. The number of anilines is 3. The molecule has 4 aromatic rings. The maximum Gasteiger partial charge on any atom is 0.144 e. The number of nitrogens with zero attached hydrogens (tertiary/aromatic N) is 5. The summed E-state index contributed by atoms with van der Waals surface area (Å²) in [6.45, 7) is 5.53. The van der Waals surface area contributed by atoms with Crippen LogP contribution in [0.4, 0.5) is 21.7 Å². The van der Waals surface area contributed by atoms with Gasteiger partial charge in [0.1, 0.15) is 30.4 Å². The van der Waals surface area contributed by atoms with Crippen LogP contribution in [0.2, 0.25) is 0 Å². The third-order valence-corrected chi connectivity index (χ3v) is 4.74. The van der Waals surface area contributed by atoms with Crippen molar-refractivity contribution in [2.24, 2.45) is 5.16 Å². The molecule has 164 valence electrons. The first-order chi connectivity index (χ1) is 15.7. The van der Waals surface area contributed by atoms with Gasteiger partial charge in [-0.1, -0.05) is 17.3 Å². The summed E-state index contributed by atoms with van der Waals surface area (Å²) in [6, 6.07) is 12.5. The fourth-order valence-corrected chi connectivity index (χ4v) is 3.33. The molecule has 0 bridgehead atoms. The molecule has 2 heterocycles. The number of hydrogen-bond donors (Lipinski definition) is 2. The summed E-state index contributed by atoms with van der Waals surface area (Å²) < 4.78 is 15.4. The van der Waals surface area contributed by atoms with E-state index in [1.165, 1.54) is 18.5 Å². The van der Waals surface area contributed by atoms with Gasteiger partial charge in [-0.2, -0.15) is 5.10 Å². The highest BCUT2D eigenvalue weighted by molar-refractivity contribution is 5.93. The summed E-state index contributed by atoms with van der Waals surface area (Å²) in [6.07, 6.45) is 4.88. The average Bonchev–Trinajstić information content (AvgIpc) is 3.18. The van der Waals surface area contributed by atoms with Crippen molar-refractivity contribution < 1.29 is 9.23 Å². The SMILES string of the molecule is CCNc1ncnc(Nc2ccc3c(cnn3Cc3cccc(F)c3)c2)c1/C=N/OCC. The Morgan fingerprint density at radius 1 is 1.12 bits per heavy atom. The average molecular weight is 433 g/mol. The maximum atomic E-state index is 13.5. The van der Waals surface area contributed by atoms with Gasteiger partial charge in [-0.3, -0.25) is 4.68 Å². The number of oxime groups is 1. The molecule has 0 aliphatic heterocycles. The van der Waals surface area contributed by atoms with Gasteiger partial charge in [0, 0.05) is 17.6 Å². The summed E-state index contributed by atoms with van der Waals surface area (Å²) >= 11 is 0. The first kappa shape index (κ1) is 21.2. The Kier molecular flexibility index (Phi) is 6.54. The van der Waals surface area contributed by atoms with Crippen molar-refractivity contribution >= 4 is 34.4 Å². The number of fused-ring (bicyclic) bond motifs is 1. The maximum absolute atomic E-state index is 13.5. The number of benzene rings is 2. The zero-order chi connectivity index (χ0) is 22.3. The van der Waals surface area contributed by atoms with Crippen LogP contribution in [-0.2, 0) is 11.4 Å². The fourth-order valence-electron chi connectivity index (χ4n) is 3.33. The molecule has 0 amide bonds. The lowest BCUT2D eigenvalue weighted by molar-refractivity contribution is 0.160. The van der Waals surface area contributed by atoms with Gasteiger partial charge in [0.2, 0.25) is 0 Å². The molecule has 0 unspecified atom stereocenters. The van der Waals surface area contributed by atoms with Gasteiger partial charge in [-0.15, -0.1) is 0 Å². The minimum Gasteiger partial charge on any atom is -0.396 e. The predicted octanol–water partition coefficient (Wildman–Crippen LogP) is 4.56. The predicted molar refractivity (Wildman–Crippen MR) is 124 cm³/mol. The third kappa shape index (κ3) is 4.83. The van der Waals surface area contributed by atoms with E-state index in [-0.39, 0.29) is 5.82 Å². The van der Waals surface area contributed by atoms with E-state index in [1.807, 2.05) is 42.8 Å². The topological polar surface area (TPSA) is 89.2 Å². The van der Waals surface area contributed by atoms with Crippen LogP contribution in [0.5, 0.6) is 0 Å². The molecule has 0 saturated heterocycles. The highest BCUT2D eigenvalue weighted by Gasteiger charge is 2.11. The Morgan fingerprint density at radius 2 is 2.00 bits per heavy atom. The van der Waals surface area contributed by atoms with E-state index in [9.17, 15) is 4.39 Å². The van der Waals surface area contributed by atoms with Crippen LogP contribution in [-0.4, -0.2) is 39.1 Å². The fraction of sp³-hybridized carbons (Fsp3) is 0.217. The van der Waals surface area contributed by atoms with Crippen molar-refractivity contribution in [2.75, 3.05) is 23.8 Å². The molecule has 4 rings (SSSR count). The van der Waals surface area contributed by atoms with E-state index in [2.05, 4.69) is 30.9 Å². The van der Waals surface area contributed by atoms with Crippen LogP contribution >= 0.6 is 0 Å². The molecule has 32 heavy (non-hydrogen) atoms. The summed E-state index contributed by atoms with van der Waals surface area (Å²) in [4.78, 5) is 13.8. The number of rotatable bonds is 9. The van der Waals surface area contributed by atoms with Gasteiger partial charge in [-0.05, 0) is 49.7 Å². The second-order valence-electron chi connectivity index (χ2n) is 7.00. The molecule has 2 N–H and O–H groups in total. The first-order valence-corrected chi connectivity index (χ1v) is 10.4. The van der Waals surface area contributed by atoms with Gasteiger partial charge in [0.15, 0.2) is 0 Å². The molecule has 0 saturated carbocycles. The molecule has 0 aliphatic carbocycles. The van der Waals surface area contributed by atoms with Crippen molar-refractivity contribution in [3.63, 3.8) is 0 Å². The number of hydrogen-bond acceptors (Lipinski definition) is 7. The lowest BCUT2D eigenvalue weighted by atomic mass is 10.2. The molecule has 0 atom stereocenters. The van der Waals surface area contributed by atoms with Crippen LogP contribution in [0.25, 0.3) is 10.9 Å². The quantitative estimate of drug-likeness (QED) is 0.297. The molecular weight excluding hydrogens is 409 g/mol. The molecule has 2 aromatic heterocycles. The van der Waals surface area contributed by atoms with E-state index >= 15 is 0 Å². The molecule has 2 aromatic carbocycles. The molecule has 0 fully saturated rings. The normalized spacial score (nSPS) is 11.2. The minimum atomic E-state index is -0.254. The summed E-state index contributed by atoms with van der Waals surface area (Å²) in [7, 11) is 0. The van der Waals surface area contributed by atoms with Gasteiger partial charge in [0.05, 0.1) is 30.0 Å². The van der Waals surface area contributed by atoms with Gasteiger partial charge >= 0.3 is 0 Å². The van der Waals surface area contributed by atoms with Crippen LogP contribution in [0.3, 0.4) is 0 Å². The highest BCUT2D eigenvalue weighted by Crippen LogP contribution is 2.25. The molecule has 8 nitrogen and oxygen atoms in total. The Morgan fingerprint density at radius 3 is 2.81 bits per heavy atom. The molecular formula is C23H24FN7O. The van der Waals surface area contributed by atoms with Crippen LogP contribution < -0.4 is 10.6 Å². The van der Waals surface area contributed by atoms with Crippen molar-refractivity contribution in [1.82, 2.24) is 19.7 Å². The van der Waals surface area contributed by atoms with E-state index in [0.717, 1.165) is 22.2 Å². The molecule has 0 aliphatic rings. The van der Waals surface area contributed by atoms with E-state index in [1.54, 1.807) is 18.5 Å². The third-order valence-electron chi connectivity index (χ3n) is 4.74. The number of aromatic nitrogens is 4. The monoisotopic (exact) mass is 433 g/mol. The van der Waals surface area contributed by atoms with Crippen molar-refractivity contribution in [3.05, 3.63) is 71.9 Å². The van der Waals surface area contributed by atoms with Gasteiger partial charge in [0.25, 0.3) is 0 Å². The second-order valence-corrected chi connectivity index (χ2v) is 7.00. The summed E-state index contributed by atoms with van der Waals surface area (Å²) in [5.41, 5.74) is 3.35. The lowest BCUT2D eigenvalue weighted by Crippen LogP contribution is -2.08. The van der Waals surface area contributed by atoms with Crippen molar-refractivity contribution in [1.29, 1.82) is 0 Å². The summed E-state index contributed by atoms with van der Waals surface area (Å²) in [5.74, 6) is 1.01. The van der Waals surface area contributed by atoms with Crippen LogP contribution in [0, 0.1) is 5.82 Å².